The molecule has 2 saturated heterocycles. The maximum atomic E-state index is 7.11. The molecule has 0 aromatic carbocycles. The van der Waals surface area contributed by atoms with Crippen LogP contribution in [-0.4, -0.2) is 141 Å². The average Bonchev–Trinajstić information content (AvgIpc) is 2.87. The summed E-state index contributed by atoms with van der Waals surface area (Å²) in [6.45, 7) is 53.4. The van der Waals surface area contributed by atoms with E-state index in [4.69, 9.17) is 49.6 Å². The number of rotatable bonds is 20. The summed E-state index contributed by atoms with van der Waals surface area (Å²) in [6, 6.07) is 0. The zero-order valence-corrected chi connectivity index (χ0v) is 47.7. The molecule has 2 aliphatic heterocycles. The maximum absolute atomic E-state index is 7.11. The van der Waals surface area contributed by atoms with Crippen LogP contribution < -0.4 is 0 Å². The van der Waals surface area contributed by atoms with E-state index in [1.807, 2.05) is 0 Å². The zero-order chi connectivity index (χ0) is 43.0. The van der Waals surface area contributed by atoms with E-state index in [1.54, 1.807) is 0 Å². The first-order valence-electron chi connectivity index (χ1n) is 20.5. The third-order valence-corrected chi connectivity index (χ3v) is 15.5. The first-order chi connectivity index (χ1) is 24.2. The topological polar surface area (TPSA) is 102 Å². The van der Waals surface area contributed by atoms with Gasteiger partial charge in [0, 0.05) is 0 Å². The largest absolute Gasteiger partial charge is 0.415 e. The fourth-order valence-corrected chi connectivity index (χ4v) is 14.4. The lowest BCUT2D eigenvalue weighted by Crippen LogP contribution is -2.68. The fourth-order valence-electron chi connectivity index (χ4n) is 6.38. The molecule has 2 heterocycles. The molecule has 0 N–H and O–H groups in total. The van der Waals surface area contributed by atoms with Gasteiger partial charge in [0.05, 0.1) is 13.2 Å². The van der Waals surface area contributed by atoms with Gasteiger partial charge < -0.3 is 49.6 Å². The van der Waals surface area contributed by atoms with Gasteiger partial charge in [-0.15, -0.1) is 0 Å². The molecule has 11 nitrogen and oxygen atoms in total. The molecule has 0 spiro atoms. The summed E-state index contributed by atoms with van der Waals surface area (Å²) >= 11 is 0. The lowest BCUT2D eigenvalue weighted by molar-refractivity contribution is -0.314. The minimum Gasteiger partial charge on any atom is -0.415 e. The summed E-state index contributed by atoms with van der Waals surface area (Å²) in [4.78, 5) is 0. The highest BCUT2D eigenvalue weighted by molar-refractivity contribution is 6.72. The van der Waals surface area contributed by atoms with Gasteiger partial charge in [-0.1, -0.05) is 0 Å². The second-order valence-electron chi connectivity index (χ2n) is 23.2. The predicted octanol–water partition coefficient (Wildman–Crippen LogP) is 9.48. The van der Waals surface area contributed by atoms with Gasteiger partial charge in [0.15, 0.2) is 79.1 Å². The highest BCUT2D eigenvalue weighted by atomic mass is 28.4. The molecule has 2 fully saturated rings. The van der Waals surface area contributed by atoms with Crippen molar-refractivity contribution in [2.75, 3.05) is 13.2 Å². The quantitative estimate of drug-likeness (QED) is 0.109. The van der Waals surface area contributed by atoms with Gasteiger partial charge in [-0.05, 0) is 157 Å². The summed E-state index contributed by atoms with van der Waals surface area (Å²) in [5, 5.41) is 0. The summed E-state index contributed by atoms with van der Waals surface area (Å²) in [7, 11) is -16.8. The molecule has 0 amide bonds. The first-order valence-corrected chi connectivity index (χ1v) is 47.8. The Kier molecular flexibility index (Phi) is 18.2. The van der Waals surface area contributed by atoms with Crippen LogP contribution in [0, 0.1) is 0 Å². The van der Waals surface area contributed by atoms with Crippen molar-refractivity contribution in [1.82, 2.24) is 0 Å². The number of hydrogen-bond acceptors (Lipinski definition) is 11. The van der Waals surface area contributed by atoms with Crippen LogP contribution in [0.4, 0.5) is 0 Å². The lowest BCUT2D eigenvalue weighted by Gasteiger charge is -2.53. The highest BCUT2D eigenvalue weighted by Crippen LogP contribution is 2.38. The van der Waals surface area contributed by atoms with Crippen LogP contribution in [0.1, 0.15) is 0 Å². The van der Waals surface area contributed by atoms with Crippen molar-refractivity contribution in [2.24, 2.45) is 0 Å². The standard InChI is InChI=1S/C36H86O11Si8/c1-48(2,3)38-26-28-30(42-50(7,8)9)31(43-51(10,11)12)33(45-53(16,17)18)35(39-28)37-25-27-29(41-49(4,5)6)32(44-52(13,14)15)34(46-54(19,20)21)36(40-27)47-55(22,23)24/h27-36H,25-26H2,1-24H3/t27-,28-,29-,30+,31+,32+,33-,34-,35+,36+/m1/s1. The Hall–Kier alpha value is 1.30. The molecule has 55 heavy (non-hydrogen) atoms. The second kappa shape index (κ2) is 19.1. The van der Waals surface area contributed by atoms with E-state index in [1.165, 1.54) is 0 Å². The molecule has 10 atom stereocenters. The Morgan fingerprint density at radius 2 is 0.564 bits per heavy atom. The molecule has 2 rings (SSSR count). The van der Waals surface area contributed by atoms with Crippen molar-refractivity contribution in [3.05, 3.63) is 0 Å². The summed E-state index contributed by atoms with van der Waals surface area (Å²) < 4.78 is 76.8. The average molecular weight is 920 g/mol. The maximum Gasteiger partial charge on any atom is 0.187 e. The van der Waals surface area contributed by atoms with Gasteiger partial charge in [0.2, 0.25) is 0 Å². The molecule has 0 bridgehead atoms. The van der Waals surface area contributed by atoms with Crippen LogP contribution in [0.2, 0.25) is 157 Å². The van der Waals surface area contributed by atoms with Gasteiger partial charge in [0.25, 0.3) is 0 Å². The van der Waals surface area contributed by atoms with Gasteiger partial charge in [-0.2, -0.15) is 0 Å². The predicted molar refractivity (Wildman–Crippen MR) is 246 cm³/mol. The lowest BCUT2D eigenvalue weighted by atomic mass is 9.98. The molecule has 328 valence electrons. The minimum atomic E-state index is -2.17. The van der Waals surface area contributed by atoms with Gasteiger partial charge in [0.1, 0.15) is 48.8 Å². The molecule has 0 unspecified atom stereocenters. The highest BCUT2D eigenvalue weighted by Gasteiger charge is 2.55. The number of ether oxygens (including phenoxy) is 3. The monoisotopic (exact) mass is 918 g/mol. The molecule has 2 aliphatic rings. The van der Waals surface area contributed by atoms with Gasteiger partial charge in [-0.25, -0.2) is 0 Å². The Morgan fingerprint density at radius 3 is 0.891 bits per heavy atom. The Morgan fingerprint density at radius 1 is 0.291 bits per heavy atom. The third-order valence-electron chi connectivity index (χ3n) is 7.70. The molecule has 19 heteroatoms. The van der Waals surface area contributed by atoms with Crippen LogP contribution >= 0.6 is 0 Å². The third kappa shape index (κ3) is 20.6. The Bertz CT molecular complexity index is 1180. The van der Waals surface area contributed by atoms with Gasteiger partial charge in [-0.3, -0.25) is 0 Å². The smallest absolute Gasteiger partial charge is 0.187 e. The first kappa shape index (κ1) is 52.4. The molecule has 0 aliphatic carbocycles. The number of hydrogen-bond donors (Lipinski definition) is 0. The normalized spacial score (nSPS) is 31.2. The SMILES string of the molecule is C[Si](C)(C)OC[C@H]1O[C@H](OC[C@H]2O[C@@H](O[Si](C)(C)C)[C@H](O[Si](C)(C)C)[C@@H](O[Si](C)(C)C)[C@@H]2O[Si](C)(C)C)[C@H](O[Si](C)(C)C)[C@@H](O[Si](C)(C)C)[C@H]1O[Si](C)(C)C. The van der Waals surface area contributed by atoms with E-state index in [9.17, 15) is 0 Å². The molecule has 0 aromatic rings. The molecule has 0 radical (unpaired) electrons. The summed E-state index contributed by atoms with van der Waals surface area (Å²) in [6.07, 6.45) is -5.02. The van der Waals surface area contributed by atoms with Crippen molar-refractivity contribution in [2.45, 2.75) is 219 Å². The Balaban J connectivity index is 2.76. The van der Waals surface area contributed by atoms with Crippen molar-refractivity contribution in [3.8, 4) is 0 Å². The molecule has 0 aromatic heterocycles. The van der Waals surface area contributed by atoms with Crippen molar-refractivity contribution < 1.29 is 49.6 Å². The van der Waals surface area contributed by atoms with E-state index in [-0.39, 0.29) is 12.7 Å². The summed E-state index contributed by atoms with van der Waals surface area (Å²) in [5.41, 5.74) is 0. The fraction of sp³-hybridized carbons (Fsp3) is 1.00. The minimum absolute atomic E-state index is 0.170. The van der Waals surface area contributed by atoms with Crippen LogP contribution in [0.25, 0.3) is 0 Å². The Labute approximate surface area is 346 Å². The van der Waals surface area contributed by atoms with E-state index in [0.29, 0.717) is 6.61 Å². The van der Waals surface area contributed by atoms with Crippen molar-refractivity contribution >= 4 is 66.5 Å². The summed E-state index contributed by atoms with van der Waals surface area (Å²) in [5.74, 6) is 0. The van der Waals surface area contributed by atoms with E-state index < -0.39 is 122 Å². The van der Waals surface area contributed by atoms with Crippen molar-refractivity contribution in [3.63, 3.8) is 0 Å². The second-order valence-corrected chi connectivity index (χ2v) is 59.0. The molecular weight excluding hydrogens is 833 g/mol. The molecular formula is C36H86O11Si8. The van der Waals surface area contributed by atoms with E-state index >= 15 is 0 Å². The van der Waals surface area contributed by atoms with Crippen molar-refractivity contribution in [1.29, 1.82) is 0 Å². The van der Waals surface area contributed by atoms with Gasteiger partial charge >= 0.3 is 0 Å². The zero-order valence-electron chi connectivity index (χ0n) is 39.7. The van der Waals surface area contributed by atoms with E-state index in [2.05, 4.69) is 157 Å². The van der Waals surface area contributed by atoms with Crippen LogP contribution in [0.3, 0.4) is 0 Å². The van der Waals surface area contributed by atoms with Crippen LogP contribution in [0.15, 0.2) is 0 Å². The molecule has 0 saturated carbocycles. The van der Waals surface area contributed by atoms with E-state index in [0.717, 1.165) is 0 Å². The van der Waals surface area contributed by atoms with Crippen LogP contribution in [0.5, 0.6) is 0 Å². The van der Waals surface area contributed by atoms with Crippen LogP contribution in [-0.2, 0) is 49.6 Å².